The number of alkyl halides is 3. The Morgan fingerprint density at radius 2 is 2.15 bits per heavy atom. The van der Waals surface area contributed by atoms with Crippen LogP contribution in [0.2, 0.25) is 0 Å². The molecule has 1 aromatic carbocycles. The maximum absolute atomic E-state index is 12.7. The Balaban J connectivity index is 2.26. The highest BCUT2D eigenvalue weighted by atomic mass is 19.4. The van der Waals surface area contributed by atoms with Gasteiger partial charge in [0.15, 0.2) is 0 Å². The van der Waals surface area contributed by atoms with Gasteiger partial charge >= 0.3 is 6.18 Å². The summed E-state index contributed by atoms with van der Waals surface area (Å²) in [6.45, 7) is 0. The van der Waals surface area contributed by atoms with Gasteiger partial charge in [-0.3, -0.25) is 16.0 Å². The second-order valence-corrected chi connectivity index (χ2v) is 4.35. The number of aromatic nitrogens is 3. The zero-order chi connectivity index (χ0) is 14.8. The Labute approximate surface area is 113 Å². The van der Waals surface area contributed by atoms with E-state index in [1.165, 1.54) is 12.4 Å². The number of nitrogens with zero attached hydrogens (tertiary/aromatic N) is 3. The van der Waals surface area contributed by atoms with Gasteiger partial charge in [-0.2, -0.15) is 18.3 Å². The SMILES string of the molecule is Cn1ncnc1CC(NN)c1cccc(C(F)(F)F)c1. The van der Waals surface area contributed by atoms with Crippen LogP contribution in [0.25, 0.3) is 0 Å². The molecule has 1 atom stereocenters. The van der Waals surface area contributed by atoms with E-state index in [1.807, 2.05) is 0 Å². The lowest BCUT2D eigenvalue weighted by atomic mass is 10.0. The highest BCUT2D eigenvalue weighted by Crippen LogP contribution is 2.31. The molecular formula is C12H14F3N5. The Morgan fingerprint density at radius 1 is 1.40 bits per heavy atom. The van der Waals surface area contributed by atoms with Crippen LogP contribution in [-0.4, -0.2) is 14.8 Å². The van der Waals surface area contributed by atoms with Gasteiger partial charge in [-0.05, 0) is 17.7 Å². The molecule has 5 nitrogen and oxygen atoms in total. The van der Waals surface area contributed by atoms with Crippen molar-refractivity contribution in [2.45, 2.75) is 18.6 Å². The normalized spacial score (nSPS) is 13.4. The Bertz CT molecular complexity index is 578. The number of hydrogen-bond acceptors (Lipinski definition) is 4. The summed E-state index contributed by atoms with van der Waals surface area (Å²) in [7, 11) is 1.71. The minimum atomic E-state index is -4.38. The van der Waals surface area contributed by atoms with Crippen LogP contribution in [0.15, 0.2) is 30.6 Å². The van der Waals surface area contributed by atoms with E-state index < -0.39 is 17.8 Å². The number of aryl methyl sites for hydroxylation is 1. The Hall–Kier alpha value is -1.93. The third kappa shape index (κ3) is 3.14. The predicted molar refractivity (Wildman–Crippen MR) is 66.2 cm³/mol. The molecule has 0 amide bonds. The highest BCUT2D eigenvalue weighted by Gasteiger charge is 2.31. The second-order valence-electron chi connectivity index (χ2n) is 4.35. The molecule has 2 aromatic rings. The first-order chi connectivity index (χ1) is 9.41. The third-order valence-electron chi connectivity index (χ3n) is 3.01. The predicted octanol–water partition coefficient (Wildman–Crippen LogP) is 1.58. The average Bonchev–Trinajstić information content (AvgIpc) is 2.80. The summed E-state index contributed by atoms with van der Waals surface area (Å²) in [6, 6.07) is 4.59. The van der Waals surface area contributed by atoms with Crippen molar-refractivity contribution < 1.29 is 13.2 Å². The van der Waals surface area contributed by atoms with E-state index in [0.29, 0.717) is 17.8 Å². The first-order valence-corrected chi connectivity index (χ1v) is 5.88. The van der Waals surface area contributed by atoms with Crippen molar-refractivity contribution in [1.82, 2.24) is 20.2 Å². The van der Waals surface area contributed by atoms with Crippen molar-refractivity contribution in [3.8, 4) is 0 Å². The van der Waals surface area contributed by atoms with Crippen molar-refractivity contribution in [1.29, 1.82) is 0 Å². The van der Waals surface area contributed by atoms with Gasteiger partial charge in [-0.1, -0.05) is 12.1 Å². The summed E-state index contributed by atoms with van der Waals surface area (Å²) >= 11 is 0. The van der Waals surface area contributed by atoms with Crippen LogP contribution in [0.4, 0.5) is 13.2 Å². The molecule has 0 saturated carbocycles. The van der Waals surface area contributed by atoms with Crippen LogP contribution in [-0.2, 0) is 19.6 Å². The highest BCUT2D eigenvalue weighted by molar-refractivity contribution is 5.28. The summed E-state index contributed by atoms with van der Waals surface area (Å²) in [4.78, 5) is 4.03. The van der Waals surface area contributed by atoms with E-state index in [1.54, 1.807) is 17.8 Å². The number of hydrazine groups is 1. The van der Waals surface area contributed by atoms with Gasteiger partial charge in [0, 0.05) is 13.5 Å². The largest absolute Gasteiger partial charge is 0.416 e. The number of hydrogen-bond donors (Lipinski definition) is 2. The molecule has 108 valence electrons. The van der Waals surface area contributed by atoms with Crippen molar-refractivity contribution >= 4 is 0 Å². The standard InChI is InChI=1S/C12H14F3N5/c1-20-11(17-7-18-20)6-10(19-16)8-3-2-4-9(5-8)12(13,14)15/h2-5,7,10,19H,6,16H2,1H3. The van der Waals surface area contributed by atoms with Crippen LogP contribution in [0.5, 0.6) is 0 Å². The maximum Gasteiger partial charge on any atom is 0.416 e. The van der Waals surface area contributed by atoms with E-state index in [2.05, 4.69) is 15.5 Å². The van der Waals surface area contributed by atoms with Gasteiger partial charge in [-0.25, -0.2) is 4.98 Å². The van der Waals surface area contributed by atoms with E-state index in [4.69, 9.17) is 5.84 Å². The Kier molecular flexibility index (Phi) is 4.05. The molecule has 0 bridgehead atoms. The van der Waals surface area contributed by atoms with Gasteiger partial charge < -0.3 is 0 Å². The minimum absolute atomic E-state index is 0.342. The van der Waals surface area contributed by atoms with Gasteiger partial charge in [0.2, 0.25) is 0 Å². The summed E-state index contributed by atoms with van der Waals surface area (Å²) in [6.07, 6.45) is -2.65. The molecule has 2 rings (SSSR count). The van der Waals surface area contributed by atoms with Gasteiger partial charge in [0.1, 0.15) is 12.2 Å². The molecule has 0 fully saturated rings. The fourth-order valence-electron chi connectivity index (χ4n) is 1.89. The molecule has 0 aliphatic carbocycles. The van der Waals surface area contributed by atoms with Gasteiger partial charge in [0.05, 0.1) is 11.6 Å². The topological polar surface area (TPSA) is 68.8 Å². The summed E-state index contributed by atoms with van der Waals surface area (Å²) in [5.74, 6) is 6.07. The zero-order valence-electron chi connectivity index (χ0n) is 10.7. The van der Waals surface area contributed by atoms with Crippen LogP contribution >= 0.6 is 0 Å². The molecule has 1 heterocycles. The average molecular weight is 285 g/mol. The first-order valence-electron chi connectivity index (χ1n) is 5.88. The monoisotopic (exact) mass is 285 g/mol. The molecule has 0 radical (unpaired) electrons. The molecule has 8 heteroatoms. The molecule has 3 N–H and O–H groups in total. The quantitative estimate of drug-likeness (QED) is 0.661. The van der Waals surface area contributed by atoms with E-state index in [-0.39, 0.29) is 0 Å². The molecule has 0 spiro atoms. The number of nitrogens with two attached hydrogens (primary N) is 1. The van der Waals surface area contributed by atoms with Crippen LogP contribution in [0.1, 0.15) is 23.0 Å². The molecule has 0 saturated heterocycles. The molecular weight excluding hydrogens is 271 g/mol. The van der Waals surface area contributed by atoms with Crippen molar-refractivity contribution in [3.63, 3.8) is 0 Å². The molecule has 1 aromatic heterocycles. The lowest BCUT2D eigenvalue weighted by Gasteiger charge is -2.17. The van der Waals surface area contributed by atoms with Crippen molar-refractivity contribution in [3.05, 3.63) is 47.5 Å². The van der Waals surface area contributed by atoms with E-state index in [9.17, 15) is 13.2 Å². The van der Waals surface area contributed by atoms with E-state index in [0.717, 1.165) is 12.1 Å². The minimum Gasteiger partial charge on any atom is -0.271 e. The molecule has 0 aliphatic rings. The van der Waals surface area contributed by atoms with Crippen molar-refractivity contribution in [2.75, 3.05) is 0 Å². The number of halogens is 3. The smallest absolute Gasteiger partial charge is 0.271 e. The van der Waals surface area contributed by atoms with Gasteiger partial charge in [0.25, 0.3) is 0 Å². The number of rotatable bonds is 4. The number of benzene rings is 1. The van der Waals surface area contributed by atoms with Crippen LogP contribution in [0.3, 0.4) is 0 Å². The van der Waals surface area contributed by atoms with Crippen molar-refractivity contribution in [2.24, 2.45) is 12.9 Å². The lowest BCUT2D eigenvalue weighted by molar-refractivity contribution is -0.137. The summed E-state index contributed by atoms with van der Waals surface area (Å²) in [5.41, 5.74) is 2.26. The fourth-order valence-corrected chi connectivity index (χ4v) is 1.89. The Morgan fingerprint density at radius 3 is 2.70 bits per heavy atom. The molecule has 1 unspecified atom stereocenters. The zero-order valence-corrected chi connectivity index (χ0v) is 10.7. The third-order valence-corrected chi connectivity index (χ3v) is 3.01. The fraction of sp³-hybridized carbons (Fsp3) is 0.333. The lowest BCUT2D eigenvalue weighted by Crippen LogP contribution is -2.30. The summed E-state index contributed by atoms with van der Waals surface area (Å²) < 4.78 is 39.6. The second kappa shape index (κ2) is 5.59. The first kappa shape index (κ1) is 14.5. The molecule has 0 aliphatic heterocycles. The van der Waals surface area contributed by atoms with Crippen LogP contribution in [0, 0.1) is 0 Å². The molecule has 20 heavy (non-hydrogen) atoms. The summed E-state index contributed by atoms with van der Waals surface area (Å²) in [5, 5.41) is 3.91. The van der Waals surface area contributed by atoms with Crippen LogP contribution < -0.4 is 11.3 Å². The maximum atomic E-state index is 12.7. The number of nitrogens with one attached hydrogen (secondary N) is 1. The van der Waals surface area contributed by atoms with E-state index >= 15 is 0 Å². The van der Waals surface area contributed by atoms with Gasteiger partial charge in [-0.15, -0.1) is 0 Å².